The summed E-state index contributed by atoms with van der Waals surface area (Å²) in [4.78, 5) is 15.1. The number of rotatable bonds is 11. The molecule has 0 saturated carbocycles. The van der Waals surface area contributed by atoms with E-state index in [0.29, 0.717) is 23.5 Å². The molecule has 0 atom stereocenters. The number of aliphatic hydroxyl groups excluding tert-OH is 1. The lowest BCUT2D eigenvalue weighted by Gasteiger charge is -2.26. The lowest BCUT2D eigenvalue weighted by atomic mass is 9.99. The zero-order valence-electron chi connectivity index (χ0n) is 24.6. The molecule has 2 aromatic rings. The zero-order chi connectivity index (χ0) is 29.7. The molecule has 8 nitrogen and oxygen atoms in total. The minimum Gasteiger partial charge on any atom is -0.456 e. The van der Waals surface area contributed by atoms with Crippen LogP contribution in [0.1, 0.15) is 46.8 Å². The van der Waals surface area contributed by atoms with Gasteiger partial charge in [-0.05, 0) is 61.9 Å². The second-order valence-corrected chi connectivity index (χ2v) is 10.1. The van der Waals surface area contributed by atoms with Crippen LogP contribution in [0.4, 0.5) is 0 Å². The Morgan fingerprint density at radius 1 is 1.23 bits per heavy atom. The number of morpholine rings is 1. The van der Waals surface area contributed by atoms with Gasteiger partial charge in [0.1, 0.15) is 23.2 Å². The second kappa shape index (κ2) is 15.8. The van der Waals surface area contributed by atoms with Gasteiger partial charge in [0.2, 0.25) is 0 Å². The first kappa shape index (κ1) is 32.6. The third kappa shape index (κ3) is 9.53. The molecule has 1 aromatic carbocycles. The summed E-state index contributed by atoms with van der Waals surface area (Å²) in [5.74, 6) is 0.544. The highest BCUT2D eigenvalue weighted by Crippen LogP contribution is 2.27. The number of furan rings is 1. The molecule has 1 amide bonds. The summed E-state index contributed by atoms with van der Waals surface area (Å²) in [6.45, 7) is 22.7. The summed E-state index contributed by atoms with van der Waals surface area (Å²) in [5, 5.41) is 26.8. The number of carbonyl (C=O) groups is 1. The Labute approximate surface area is 238 Å². The minimum absolute atomic E-state index is 0.0284. The molecule has 0 aliphatic carbocycles. The molecule has 8 heteroatoms. The van der Waals surface area contributed by atoms with Gasteiger partial charge in [-0.25, -0.2) is 0 Å². The first-order chi connectivity index (χ1) is 19.1. The van der Waals surface area contributed by atoms with E-state index in [9.17, 15) is 15.2 Å². The van der Waals surface area contributed by atoms with Gasteiger partial charge >= 0.3 is 0 Å². The number of ether oxygens (including phenoxy) is 1. The van der Waals surface area contributed by atoms with E-state index in [0.717, 1.165) is 61.1 Å². The minimum atomic E-state index is -0.643. The van der Waals surface area contributed by atoms with Crippen molar-refractivity contribution in [3.63, 3.8) is 0 Å². The van der Waals surface area contributed by atoms with Crippen LogP contribution in [0.25, 0.3) is 29.6 Å². The Hall–Kier alpha value is -3.64. The van der Waals surface area contributed by atoms with Gasteiger partial charge in [0.15, 0.2) is 0 Å². The van der Waals surface area contributed by atoms with Crippen LogP contribution in [-0.4, -0.2) is 67.5 Å². The average molecular weight is 549 g/mol. The molecule has 3 N–H and O–H groups in total. The van der Waals surface area contributed by atoms with Gasteiger partial charge in [0.05, 0.1) is 13.2 Å². The maximum Gasteiger partial charge on any atom is 0.262 e. The number of aliphatic hydroxyl groups is 1. The van der Waals surface area contributed by atoms with Crippen LogP contribution in [-0.2, 0) is 9.53 Å². The van der Waals surface area contributed by atoms with Gasteiger partial charge in [-0.15, -0.1) is 0 Å². The first-order valence-electron chi connectivity index (χ1n) is 13.8. The largest absolute Gasteiger partial charge is 0.456 e. The summed E-state index contributed by atoms with van der Waals surface area (Å²) in [7, 11) is 0. The monoisotopic (exact) mass is 548 g/mol. The molecule has 216 valence electrons. The van der Waals surface area contributed by atoms with Crippen LogP contribution in [0.15, 0.2) is 52.6 Å². The van der Waals surface area contributed by atoms with Crippen molar-refractivity contribution in [3.8, 4) is 17.4 Å². The van der Waals surface area contributed by atoms with Crippen molar-refractivity contribution in [3.05, 3.63) is 64.4 Å². The Balaban J connectivity index is 0.00000274. The van der Waals surface area contributed by atoms with E-state index in [4.69, 9.17) is 9.15 Å². The number of carbonyl (C=O) groups excluding carboxylic acids is 1. The summed E-state index contributed by atoms with van der Waals surface area (Å²) in [5.41, 5.74) is 1.43. The summed E-state index contributed by atoms with van der Waals surface area (Å²) in [6.07, 6.45) is 2.35. The highest BCUT2D eigenvalue weighted by molar-refractivity contribution is 6.04. The molecular formula is C32H44N4O4. The normalized spacial score (nSPS) is 14.9. The molecule has 2 heterocycles. The zero-order valence-corrected chi connectivity index (χ0v) is 24.6. The van der Waals surface area contributed by atoms with Gasteiger partial charge in [-0.3, -0.25) is 9.69 Å². The van der Waals surface area contributed by atoms with Crippen LogP contribution < -0.4 is 21.1 Å². The predicted molar refractivity (Wildman–Crippen MR) is 161 cm³/mol. The van der Waals surface area contributed by atoms with Gasteiger partial charge in [0, 0.05) is 55.2 Å². The molecule has 0 bridgehead atoms. The van der Waals surface area contributed by atoms with Crippen LogP contribution in [0, 0.1) is 11.3 Å². The number of hydrogen-bond donors (Lipinski definition) is 3. The van der Waals surface area contributed by atoms with E-state index < -0.39 is 11.4 Å². The van der Waals surface area contributed by atoms with E-state index in [1.54, 1.807) is 26.8 Å². The van der Waals surface area contributed by atoms with Crippen molar-refractivity contribution in [2.45, 2.75) is 46.6 Å². The number of amides is 1. The topological polar surface area (TPSA) is 111 Å². The third-order valence-electron chi connectivity index (χ3n) is 6.52. The molecule has 1 saturated heterocycles. The Kier molecular flexibility index (Phi) is 12.9. The van der Waals surface area contributed by atoms with Crippen molar-refractivity contribution in [1.82, 2.24) is 15.5 Å². The number of allylic oxidation sites excluding steroid dienone is 2. The fraction of sp³-hybridized carbons (Fsp3) is 0.438. The van der Waals surface area contributed by atoms with Gasteiger partial charge < -0.3 is 24.9 Å². The Morgan fingerprint density at radius 2 is 1.93 bits per heavy atom. The SMILES string of the molecule is C=C(/C=c1/ccc(-c2ccc(/C(C)=C(\C#N)C(=O)NC(C)(C)CCO)o2)cc1=C)NCCN1CCOCC1.CC. The van der Waals surface area contributed by atoms with Gasteiger partial charge in [-0.1, -0.05) is 39.1 Å². The number of nitriles is 1. The molecule has 1 aliphatic rings. The van der Waals surface area contributed by atoms with E-state index >= 15 is 0 Å². The quantitative estimate of drug-likeness (QED) is 0.292. The van der Waals surface area contributed by atoms with Gasteiger partial charge in [-0.2, -0.15) is 5.26 Å². The highest BCUT2D eigenvalue weighted by Gasteiger charge is 2.24. The molecule has 0 radical (unpaired) electrons. The molecule has 1 aliphatic heterocycles. The van der Waals surface area contributed by atoms with Crippen LogP contribution >= 0.6 is 0 Å². The van der Waals surface area contributed by atoms with E-state index in [1.165, 1.54) is 0 Å². The smallest absolute Gasteiger partial charge is 0.262 e. The summed E-state index contributed by atoms with van der Waals surface area (Å²) >= 11 is 0. The Morgan fingerprint density at radius 3 is 2.55 bits per heavy atom. The van der Waals surface area contributed by atoms with Crippen LogP contribution in [0.3, 0.4) is 0 Å². The molecular weight excluding hydrogens is 504 g/mol. The van der Waals surface area contributed by atoms with Crippen molar-refractivity contribution in [2.24, 2.45) is 0 Å². The van der Waals surface area contributed by atoms with Crippen LogP contribution in [0.2, 0.25) is 0 Å². The van der Waals surface area contributed by atoms with E-state index in [2.05, 4.69) is 28.7 Å². The second-order valence-electron chi connectivity index (χ2n) is 10.1. The van der Waals surface area contributed by atoms with Crippen molar-refractivity contribution in [1.29, 1.82) is 5.26 Å². The number of hydrogen-bond acceptors (Lipinski definition) is 7. The summed E-state index contributed by atoms with van der Waals surface area (Å²) < 4.78 is 11.4. The Bertz CT molecular complexity index is 1330. The molecule has 3 rings (SSSR count). The highest BCUT2D eigenvalue weighted by atomic mass is 16.5. The standard InChI is InChI=1S/C30H38N4O4.C2H6/c1-21-18-25(7-6-24(21)19-22(2)32-11-12-34-13-16-37-17-14-34)28-9-8-27(38-28)23(3)26(20-31)29(36)33-30(4,5)10-15-35;1-2/h6-9,18-19,32,35H,1-2,10-17H2,3-5H3,(H,33,36);1-2H3/b24-19-,26-23+;. The van der Waals surface area contributed by atoms with Crippen molar-refractivity contribution in [2.75, 3.05) is 46.0 Å². The number of benzene rings is 1. The molecule has 40 heavy (non-hydrogen) atoms. The van der Waals surface area contributed by atoms with Crippen molar-refractivity contribution >= 4 is 24.1 Å². The lowest BCUT2D eigenvalue weighted by molar-refractivity contribution is -0.118. The maximum atomic E-state index is 12.7. The predicted octanol–water partition coefficient (Wildman–Crippen LogP) is 3.17. The molecule has 0 unspecified atom stereocenters. The fourth-order valence-electron chi connectivity index (χ4n) is 4.17. The first-order valence-corrected chi connectivity index (χ1v) is 13.8. The summed E-state index contributed by atoms with van der Waals surface area (Å²) in [6, 6.07) is 11.4. The maximum absolute atomic E-state index is 12.7. The van der Waals surface area contributed by atoms with Crippen molar-refractivity contribution < 1.29 is 19.1 Å². The fourth-order valence-corrected chi connectivity index (χ4v) is 4.17. The number of nitrogens with zero attached hydrogens (tertiary/aromatic N) is 2. The average Bonchev–Trinajstić information content (AvgIpc) is 3.42. The van der Waals surface area contributed by atoms with E-state index in [-0.39, 0.29) is 12.2 Å². The molecule has 0 spiro atoms. The van der Waals surface area contributed by atoms with Gasteiger partial charge in [0.25, 0.3) is 5.91 Å². The molecule has 1 fully saturated rings. The number of nitrogens with one attached hydrogen (secondary N) is 2. The lowest BCUT2D eigenvalue weighted by Crippen LogP contribution is -2.44. The van der Waals surface area contributed by atoms with Crippen LogP contribution in [0.5, 0.6) is 0 Å². The van der Waals surface area contributed by atoms with E-state index in [1.807, 2.05) is 50.3 Å². The molecule has 1 aromatic heterocycles. The third-order valence-corrected chi connectivity index (χ3v) is 6.52.